The number of carbonyl (C=O) groups is 1. The van der Waals surface area contributed by atoms with Gasteiger partial charge < -0.3 is 15.0 Å². The van der Waals surface area contributed by atoms with E-state index in [9.17, 15) is 4.79 Å². The normalized spacial score (nSPS) is 17.6. The first kappa shape index (κ1) is 14.0. The Morgan fingerprint density at radius 3 is 2.62 bits per heavy atom. The number of anilines is 1. The maximum absolute atomic E-state index is 12.4. The number of fused-ring (bicyclic) bond motifs is 1. The largest absolute Gasteiger partial charge is 0.370 e. The van der Waals surface area contributed by atoms with Crippen molar-refractivity contribution in [2.24, 2.45) is 0 Å². The zero-order chi connectivity index (χ0) is 14.7. The van der Waals surface area contributed by atoms with Gasteiger partial charge in [0.05, 0.1) is 13.2 Å². The van der Waals surface area contributed by atoms with Crippen molar-refractivity contribution in [1.82, 2.24) is 0 Å². The molecular weight excluding hydrogens is 264 g/mol. The van der Waals surface area contributed by atoms with E-state index in [1.165, 1.54) is 10.3 Å². The summed E-state index contributed by atoms with van der Waals surface area (Å²) in [6, 6.07) is 14.1. The Labute approximate surface area is 124 Å². The van der Waals surface area contributed by atoms with E-state index < -0.39 is 0 Å². The second-order valence-corrected chi connectivity index (χ2v) is 5.54. The number of nitrogens with one attached hydrogen (secondary N) is 2. The number of carbonyl (C=O) groups excluding carboxylic acids is 1. The molecule has 1 saturated heterocycles. The summed E-state index contributed by atoms with van der Waals surface area (Å²) in [5.41, 5.74) is 0.859. The van der Waals surface area contributed by atoms with Crippen LogP contribution in [-0.2, 0) is 9.53 Å². The van der Waals surface area contributed by atoms with Crippen molar-refractivity contribution in [3.8, 4) is 0 Å². The summed E-state index contributed by atoms with van der Waals surface area (Å²) >= 11 is 0. The number of ether oxygens (including phenoxy) is 1. The Morgan fingerprint density at radius 2 is 1.86 bits per heavy atom. The molecule has 2 aromatic carbocycles. The van der Waals surface area contributed by atoms with Gasteiger partial charge in [0.25, 0.3) is 5.91 Å². The Balaban J connectivity index is 1.70. The number of amides is 1. The molecule has 0 aliphatic carbocycles. The highest BCUT2D eigenvalue weighted by atomic mass is 16.5. The van der Waals surface area contributed by atoms with E-state index in [-0.39, 0.29) is 11.9 Å². The summed E-state index contributed by atoms with van der Waals surface area (Å²) < 4.78 is 5.34. The summed E-state index contributed by atoms with van der Waals surface area (Å²) in [7, 11) is 0. The van der Waals surface area contributed by atoms with Crippen LogP contribution >= 0.6 is 0 Å². The number of rotatable bonds is 3. The summed E-state index contributed by atoms with van der Waals surface area (Å²) in [4.78, 5) is 13.7. The van der Waals surface area contributed by atoms with Crippen LogP contribution in [0.2, 0.25) is 0 Å². The molecule has 1 amide bonds. The zero-order valence-electron chi connectivity index (χ0n) is 12.3. The molecule has 0 radical (unpaired) electrons. The summed E-state index contributed by atoms with van der Waals surface area (Å²) in [5.74, 6) is 0.0715. The van der Waals surface area contributed by atoms with Gasteiger partial charge in [0, 0.05) is 5.69 Å². The van der Waals surface area contributed by atoms with Crippen LogP contribution in [-0.4, -0.2) is 38.3 Å². The van der Waals surface area contributed by atoms with Crippen LogP contribution in [0.4, 0.5) is 5.69 Å². The fourth-order valence-electron chi connectivity index (χ4n) is 2.77. The molecule has 2 aromatic rings. The zero-order valence-corrected chi connectivity index (χ0v) is 12.3. The molecular formula is C17H21N2O2+. The smallest absolute Gasteiger partial charge is 0.282 e. The van der Waals surface area contributed by atoms with Gasteiger partial charge in [0.2, 0.25) is 0 Å². The molecule has 21 heavy (non-hydrogen) atoms. The molecule has 0 bridgehead atoms. The van der Waals surface area contributed by atoms with Gasteiger partial charge in [0.15, 0.2) is 6.04 Å². The quantitative estimate of drug-likeness (QED) is 0.886. The van der Waals surface area contributed by atoms with Gasteiger partial charge in [-0.15, -0.1) is 0 Å². The molecule has 4 heteroatoms. The highest BCUT2D eigenvalue weighted by molar-refractivity contribution is 5.96. The molecule has 2 N–H and O–H groups in total. The fourth-order valence-corrected chi connectivity index (χ4v) is 2.77. The molecule has 4 nitrogen and oxygen atoms in total. The molecule has 1 heterocycles. The Hall–Kier alpha value is -1.91. The van der Waals surface area contributed by atoms with Gasteiger partial charge in [-0.25, -0.2) is 0 Å². The molecule has 1 aliphatic rings. The van der Waals surface area contributed by atoms with Crippen LogP contribution in [0.3, 0.4) is 0 Å². The van der Waals surface area contributed by atoms with E-state index in [1.807, 2.05) is 37.3 Å². The van der Waals surface area contributed by atoms with Crippen LogP contribution < -0.4 is 10.2 Å². The van der Waals surface area contributed by atoms with Crippen LogP contribution in [0.1, 0.15) is 6.92 Å². The van der Waals surface area contributed by atoms with Crippen molar-refractivity contribution < 1.29 is 14.4 Å². The molecule has 3 rings (SSSR count). The minimum atomic E-state index is -0.0552. The van der Waals surface area contributed by atoms with Crippen LogP contribution in [0, 0.1) is 0 Å². The second-order valence-electron chi connectivity index (χ2n) is 5.54. The van der Waals surface area contributed by atoms with Gasteiger partial charge in [-0.1, -0.05) is 30.3 Å². The third-order valence-corrected chi connectivity index (χ3v) is 4.16. The number of hydrogen-bond acceptors (Lipinski definition) is 2. The standard InChI is InChI=1S/C17H20N2O2/c1-13(19-8-10-21-11-9-19)17(20)18-16-7-6-14-4-2-3-5-15(14)12-16/h2-7,12-13H,8-11H2,1H3,(H,18,20)/p+1/t13-/m1/s1. The van der Waals surface area contributed by atoms with Gasteiger partial charge in [-0.3, -0.25) is 4.79 Å². The molecule has 0 aromatic heterocycles. The summed E-state index contributed by atoms with van der Waals surface area (Å²) in [6.45, 7) is 5.25. The molecule has 110 valence electrons. The Bertz CT molecular complexity index is 635. The lowest BCUT2D eigenvalue weighted by Gasteiger charge is -2.28. The van der Waals surface area contributed by atoms with E-state index in [0.29, 0.717) is 0 Å². The van der Waals surface area contributed by atoms with E-state index in [0.717, 1.165) is 37.4 Å². The highest BCUT2D eigenvalue weighted by Crippen LogP contribution is 2.18. The average Bonchev–Trinajstić information content (AvgIpc) is 2.55. The van der Waals surface area contributed by atoms with E-state index in [2.05, 4.69) is 17.4 Å². The van der Waals surface area contributed by atoms with Crippen molar-refractivity contribution in [2.75, 3.05) is 31.6 Å². The highest BCUT2D eigenvalue weighted by Gasteiger charge is 2.26. The number of quaternary nitrogens is 1. The van der Waals surface area contributed by atoms with Crippen molar-refractivity contribution in [2.45, 2.75) is 13.0 Å². The Morgan fingerprint density at radius 1 is 1.14 bits per heavy atom. The number of hydrogen-bond donors (Lipinski definition) is 2. The summed E-state index contributed by atoms with van der Waals surface area (Å²) in [5, 5.41) is 5.35. The van der Waals surface area contributed by atoms with E-state index in [4.69, 9.17) is 4.74 Å². The molecule has 1 aliphatic heterocycles. The summed E-state index contributed by atoms with van der Waals surface area (Å²) in [6.07, 6.45) is 0. The van der Waals surface area contributed by atoms with Gasteiger partial charge in [-0.05, 0) is 29.8 Å². The van der Waals surface area contributed by atoms with Crippen LogP contribution in [0.15, 0.2) is 42.5 Å². The lowest BCUT2D eigenvalue weighted by molar-refractivity contribution is -0.921. The molecule has 0 spiro atoms. The molecule has 1 fully saturated rings. The third-order valence-electron chi connectivity index (χ3n) is 4.16. The monoisotopic (exact) mass is 285 g/mol. The lowest BCUT2D eigenvalue weighted by Crippen LogP contribution is -3.18. The van der Waals surface area contributed by atoms with Crippen LogP contribution in [0.25, 0.3) is 10.8 Å². The third kappa shape index (κ3) is 3.23. The van der Waals surface area contributed by atoms with E-state index in [1.54, 1.807) is 0 Å². The van der Waals surface area contributed by atoms with Crippen molar-refractivity contribution >= 4 is 22.4 Å². The predicted octanol–water partition coefficient (Wildman–Crippen LogP) is 1.08. The topological polar surface area (TPSA) is 42.8 Å². The van der Waals surface area contributed by atoms with Gasteiger partial charge >= 0.3 is 0 Å². The maximum atomic E-state index is 12.4. The van der Waals surface area contributed by atoms with Gasteiger partial charge in [0.1, 0.15) is 13.1 Å². The van der Waals surface area contributed by atoms with Crippen molar-refractivity contribution in [1.29, 1.82) is 0 Å². The predicted molar refractivity (Wildman–Crippen MR) is 83.6 cm³/mol. The van der Waals surface area contributed by atoms with Gasteiger partial charge in [-0.2, -0.15) is 0 Å². The van der Waals surface area contributed by atoms with E-state index >= 15 is 0 Å². The van der Waals surface area contributed by atoms with Crippen LogP contribution in [0.5, 0.6) is 0 Å². The Kier molecular flexibility index (Phi) is 4.18. The average molecular weight is 285 g/mol. The number of morpholine rings is 1. The molecule has 0 unspecified atom stereocenters. The maximum Gasteiger partial charge on any atom is 0.282 e. The molecule has 1 atom stereocenters. The fraction of sp³-hybridized carbons (Fsp3) is 0.353. The first-order valence-electron chi connectivity index (χ1n) is 7.46. The second kappa shape index (κ2) is 6.24. The molecule has 0 saturated carbocycles. The lowest BCUT2D eigenvalue weighted by atomic mass is 10.1. The van der Waals surface area contributed by atoms with Crippen molar-refractivity contribution in [3.05, 3.63) is 42.5 Å². The van der Waals surface area contributed by atoms with Crippen molar-refractivity contribution in [3.63, 3.8) is 0 Å². The number of benzene rings is 2. The first-order valence-corrected chi connectivity index (χ1v) is 7.46. The SMILES string of the molecule is C[C@H](C(=O)Nc1ccc2ccccc2c1)[NH+]1CCOCC1. The minimum absolute atomic E-state index is 0.0552. The minimum Gasteiger partial charge on any atom is -0.370 e. The first-order chi connectivity index (χ1) is 10.2.